The predicted molar refractivity (Wildman–Crippen MR) is 124 cm³/mol. The van der Waals surface area contributed by atoms with Gasteiger partial charge in [-0.1, -0.05) is 37.1 Å². The molecule has 2 aromatic carbocycles. The molecule has 3 rings (SSSR count). The summed E-state index contributed by atoms with van der Waals surface area (Å²) in [6, 6.07) is 13.9. The quantitative estimate of drug-likeness (QED) is 0.459. The van der Waals surface area contributed by atoms with Crippen molar-refractivity contribution in [2.24, 2.45) is 0 Å². The van der Waals surface area contributed by atoms with Gasteiger partial charge in [0, 0.05) is 19.2 Å². The van der Waals surface area contributed by atoms with Crippen molar-refractivity contribution in [3.05, 3.63) is 60.2 Å². The largest absolute Gasteiger partial charge is 0.493 e. The monoisotopic (exact) mass is 458 g/mol. The van der Waals surface area contributed by atoms with Gasteiger partial charge in [0.15, 0.2) is 11.5 Å². The van der Waals surface area contributed by atoms with Gasteiger partial charge in [-0.25, -0.2) is 8.42 Å². The molecule has 1 N–H and O–H groups in total. The number of nitrogens with zero attached hydrogens (tertiary/aromatic N) is 1. The lowest BCUT2D eigenvalue weighted by atomic mass is 10.2. The summed E-state index contributed by atoms with van der Waals surface area (Å²) in [5.41, 5.74) is 0.750. The van der Waals surface area contributed by atoms with E-state index in [4.69, 9.17) is 9.47 Å². The first-order chi connectivity index (χ1) is 15.5. The lowest BCUT2D eigenvalue weighted by Crippen LogP contribution is -2.31. The zero-order chi connectivity index (χ0) is 22.8. The maximum atomic E-state index is 12.8. The maximum Gasteiger partial charge on any atom is 0.244 e. The van der Waals surface area contributed by atoms with Gasteiger partial charge < -0.3 is 14.8 Å². The van der Waals surface area contributed by atoms with Gasteiger partial charge in [0.1, 0.15) is 6.61 Å². The SMILES string of the molecule is COc1ccccc1OCCNC(=O)/C=C/c1ccc(S(=O)(=O)N2CCCCCC2)cc1. The minimum Gasteiger partial charge on any atom is -0.493 e. The molecule has 0 radical (unpaired) electrons. The summed E-state index contributed by atoms with van der Waals surface area (Å²) in [7, 11) is -1.89. The van der Waals surface area contributed by atoms with Crippen LogP contribution < -0.4 is 14.8 Å². The van der Waals surface area contributed by atoms with E-state index in [1.807, 2.05) is 12.1 Å². The molecule has 1 aliphatic heterocycles. The maximum absolute atomic E-state index is 12.8. The lowest BCUT2D eigenvalue weighted by molar-refractivity contribution is -0.116. The van der Waals surface area contributed by atoms with Crippen molar-refractivity contribution >= 4 is 22.0 Å². The van der Waals surface area contributed by atoms with E-state index in [-0.39, 0.29) is 10.8 Å². The van der Waals surface area contributed by atoms with Crippen LogP contribution in [0.3, 0.4) is 0 Å². The molecule has 7 nitrogen and oxygen atoms in total. The van der Waals surface area contributed by atoms with E-state index in [1.165, 1.54) is 6.08 Å². The number of rotatable bonds is 9. The highest BCUT2D eigenvalue weighted by atomic mass is 32.2. The summed E-state index contributed by atoms with van der Waals surface area (Å²) in [6.45, 7) is 1.80. The van der Waals surface area contributed by atoms with Gasteiger partial charge in [0.05, 0.1) is 18.6 Å². The molecule has 172 valence electrons. The van der Waals surface area contributed by atoms with Crippen molar-refractivity contribution in [3.8, 4) is 11.5 Å². The molecule has 32 heavy (non-hydrogen) atoms. The first kappa shape index (κ1) is 23.8. The summed E-state index contributed by atoms with van der Waals surface area (Å²) >= 11 is 0. The van der Waals surface area contributed by atoms with Crippen LogP contribution >= 0.6 is 0 Å². The molecule has 0 bridgehead atoms. The smallest absolute Gasteiger partial charge is 0.244 e. The molecule has 1 aliphatic rings. The van der Waals surface area contributed by atoms with Crippen molar-refractivity contribution in [2.75, 3.05) is 33.4 Å². The molecule has 0 saturated carbocycles. The first-order valence-electron chi connectivity index (χ1n) is 10.8. The third-order valence-electron chi connectivity index (χ3n) is 5.24. The summed E-state index contributed by atoms with van der Waals surface area (Å²) < 4.78 is 38.1. The third kappa shape index (κ3) is 6.58. The number of methoxy groups -OCH3 is 1. The minimum absolute atomic E-state index is 0.255. The van der Waals surface area contributed by atoms with Gasteiger partial charge in [0.2, 0.25) is 15.9 Å². The number of carbonyl (C=O) groups is 1. The van der Waals surface area contributed by atoms with E-state index in [0.29, 0.717) is 37.7 Å². The highest BCUT2D eigenvalue weighted by Gasteiger charge is 2.24. The number of ether oxygens (including phenoxy) is 2. The molecule has 1 heterocycles. The second kappa shape index (κ2) is 11.7. The molecule has 8 heteroatoms. The van der Waals surface area contributed by atoms with Crippen molar-refractivity contribution in [3.63, 3.8) is 0 Å². The van der Waals surface area contributed by atoms with E-state index in [1.54, 1.807) is 53.9 Å². The number of sulfonamides is 1. The van der Waals surface area contributed by atoms with Crippen LogP contribution in [-0.4, -0.2) is 52.0 Å². The highest BCUT2D eigenvalue weighted by Crippen LogP contribution is 2.25. The molecule has 0 atom stereocenters. The Labute approximate surface area is 190 Å². The second-order valence-electron chi connectivity index (χ2n) is 7.51. The number of carbonyl (C=O) groups excluding carboxylic acids is 1. The summed E-state index contributed by atoms with van der Waals surface area (Å²) in [6.07, 6.45) is 7.02. The van der Waals surface area contributed by atoms with E-state index in [0.717, 1.165) is 31.2 Å². The Balaban J connectivity index is 1.48. The number of nitrogens with one attached hydrogen (secondary N) is 1. The number of amides is 1. The predicted octanol–water partition coefficient (Wildman–Crippen LogP) is 3.47. The van der Waals surface area contributed by atoms with Crippen molar-refractivity contribution in [1.82, 2.24) is 9.62 Å². The molecule has 0 unspecified atom stereocenters. The van der Waals surface area contributed by atoms with Crippen molar-refractivity contribution in [1.29, 1.82) is 0 Å². The first-order valence-corrected chi connectivity index (χ1v) is 12.3. The average molecular weight is 459 g/mol. The molecule has 2 aromatic rings. The summed E-state index contributed by atoms with van der Waals surface area (Å²) in [4.78, 5) is 12.3. The zero-order valence-corrected chi connectivity index (χ0v) is 19.1. The van der Waals surface area contributed by atoms with Gasteiger partial charge in [0.25, 0.3) is 0 Å². The average Bonchev–Trinajstić information content (AvgIpc) is 3.11. The number of para-hydroxylation sites is 2. The molecule has 0 spiro atoms. The third-order valence-corrected chi connectivity index (χ3v) is 7.15. The molecule has 1 saturated heterocycles. The van der Waals surface area contributed by atoms with E-state index in [9.17, 15) is 13.2 Å². The van der Waals surface area contributed by atoms with Crippen LogP contribution in [0.2, 0.25) is 0 Å². The molecule has 0 aliphatic carbocycles. The van der Waals surface area contributed by atoms with E-state index >= 15 is 0 Å². The number of hydrogen-bond donors (Lipinski definition) is 1. The van der Waals surface area contributed by atoms with Crippen molar-refractivity contribution in [2.45, 2.75) is 30.6 Å². The minimum atomic E-state index is -3.47. The van der Waals surface area contributed by atoms with Crippen LogP contribution in [0.4, 0.5) is 0 Å². The van der Waals surface area contributed by atoms with Crippen LogP contribution in [0.25, 0.3) is 6.08 Å². The Morgan fingerprint density at radius 1 is 1.00 bits per heavy atom. The van der Waals surface area contributed by atoms with Gasteiger partial charge in [-0.05, 0) is 48.7 Å². The topological polar surface area (TPSA) is 84.9 Å². The Hall–Kier alpha value is -2.84. The van der Waals surface area contributed by atoms with Crippen LogP contribution in [0, 0.1) is 0 Å². The highest BCUT2D eigenvalue weighted by molar-refractivity contribution is 7.89. The standard InChI is InChI=1S/C24H30N2O5S/c1-30-22-8-4-5-9-23(22)31-19-16-25-24(27)15-12-20-10-13-21(14-11-20)32(28,29)26-17-6-2-3-7-18-26/h4-5,8-15H,2-3,6-7,16-19H2,1H3,(H,25,27)/b15-12+. The molecular weight excluding hydrogens is 428 g/mol. The summed E-state index contributed by atoms with van der Waals surface area (Å²) in [5.74, 6) is 1.00. The normalized spacial score (nSPS) is 15.3. The van der Waals surface area contributed by atoms with Crippen LogP contribution in [-0.2, 0) is 14.8 Å². The Kier molecular flexibility index (Phi) is 8.70. The number of hydrogen-bond acceptors (Lipinski definition) is 5. The van der Waals surface area contributed by atoms with Crippen molar-refractivity contribution < 1.29 is 22.7 Å². The van der Waals surface area contributed by atoms with Crippen LogP contribution in [0.5, 0.6) is 11.5 Å². The fourth-order valence-electron chi connectivity index (χ4n) is 3.49. The molecule has 1 amide bonds. The molecular formula is C24H30N2O5S. The number of benzene rings is 2. The van der Waals surface area contributed by atoms with Gasteiger partial charge in [-0.3, -0.25) is 4.79 Å². The Morgan fingerprint density at radius 2 is 1.66 bits per heavy atom. The van der Waals surface area contributed by atoms with Gasteiger partial charge >= 0.3 is 0 Å². The van der Waals surface area contributed by atoms with E-state index < -0.39 is 10.0 Å². The van der Waals surface area contributed by atoms with Crippen LogP contribution in [0.15, 0.2) is 59.5 Å². The fourth-order valence-corrected chi connectivity index (χ4v) is 5.00. The van der Waals surface area contributed by atoms with E-state index in [2.05, 4.69) is 5.32 Å². The molecule has 0 aromatic heterocycles. The summed E-state index contributed by atoms with van der Waals surface area (Å²) in [5, 5.41) is 2.75. The lowest BCUT2D eigenvalue weighted by Gasteiger charge is -2.19. The fraction of sp³-hybridized carbons (Fsp3) is 0.375. The Bertz CT molecular complexity index is 1010. The second-order valence-corrected chi connectivity index (χ2v) is 9.45. The Morgan fingerprint density at radius 3 is 2.31 bits per heavy atom. The zero-order valence-electron chi connectivity index (χ0n) is 18.3. The van der Waals surface area contributed by atoms with Gasteiger partial charge in [-0.2, -0.15) is 4.31 Å². The van der Waals surface area contributed by atoms with Crippen LogP contribution in [0.1, 0.15) is 31.2 Å². The van der Waals surface area contributed by atoms with Gasteiger partial charge in [-0.15, -0.1) is 0 Å². The molecule has 1 fully saturated rings.